The first kappa shape index (κ1) is 20.5. The summed E-state index contributed by atoms with van der Waals surface area (Å²) < 4.78 is 10.6. The third-order valence-corrected chi connectivity index (χ3v) is 3.89. The number of methoxy groups -OCH3 is 1. The molecule has 1 N–H and O–H groups in total. The summed E-state index contributed by atoms with van der Waals surface area (Å²) in [5.74, 6) is 0.233. The van der Waals surface area contributed by atoms with Gasteiger partial charge in [-0.25, -0.2) is 0 Å². The molecule has 0 bridgehead atoms. The minimum absolute atomic E-state index is 0.0386. The predicted octanol–water partition coefficient (Wildman–Crippen LogP) is 3.33. The fraction of sp³-hybridized carbons (Fsp3) is 0.333. The van der Waals surface area contributed by atoms with Gasteiger partial charge in [0, 0.05) is 18.3 Å². The number of rotatable bonds is 8. The van der Waals surface area contributed by atoms with Crippen molar-refractivity contribution < 1.29 is 19.1 Å². The number of likely N-dealkylation sites (N-methyl/N-ethyl adjacent to an activating group) is 1. The summed E-state index contributed by atoms with van der Waals surface area (Å²) in [7, 11) is 3.18. The van der Waals surface area contributed by atoms with Crippen LogP contribution in [0.3, 0.4) is 0 Å². The van der Waals surface area contributed by atoms with Crippen LogP contribution in [0, 0.1) is 0 Å². The second kappa shape index (κ2) is 9.73. The van der Waals surface area contributed by atoms with Crippen molar-refractivity contribution >= 4 is 17.5 Å². The van der Waals surface area contributed by atoms with Crippen LogP contribution in [0.2, 0.25) is 0 Å². The standard InChI is InChI=1S/C21H26N2O4/c1-15(2)27-14-16-5-7-17(8-6-16)21(25)23(3)13-20(24)22-18-9-11-19(26-4)12-10-18/h5-12,15H,13-14H2,1-4H3,(H,22,24). The molecule has 0 radical (unpaired) electrons. The maximum atomic E-state index is 12.5. The average molecular weight is 370 g/mol. The maximum absolute atomic E-state index is 12.5. The van der Waals surface area contributed by atoms with Gasteiger partial charge in [0.25, 0.3) is 5.91 Å². The molecule has 0 aliphatic heterocycles. The van der Waals surface area contributed by atoms with Gasteiger partial charge in [-0.2, -0.15) is 0 Å². The average Bonchev–Trinajstić information content (AvgIpc) is 2.66. The first-order valence-electron chi connectivity index (χ1n) is 8.79. The predicted molar refractivity (Wildman–Crippen MR) is 105 cm³/mol. The molecule has 0 spiro atoms. The first-order chi connectivity index (χ1) is 12.9. The van der Waals surface area contributed by atoms with E-state index in [9.17, 15) is 9.59 Å². The Morgan fingerprint density at radius 1 is 1.04 bits per heavy atom. The smallest absolute Gasteiger partial charge is 0.254 e. The van der Waals surface area contributed by atoms with E-state index in [-0.39, 0.29) is 24.5 Å². The van der Waals surface area contributed by atoms with Crippen molar-refractivity contribution in [3.63, 3.8) is 0 Å². The van der Waals surface area contributed by atoms with Crippen molar-refractivity contribution in [3.05, 3.63) is 59.7 Å². The fourth-order valence-corrected chi connectivity index (χ4v) is 2.39. The highest BCUT2D eigenvalue weighted by Crippen LogP contribution is 2.15. The van der Waals surface area contributed by atoms with Gasteiger partial charge in [0.1, 0.15) is 5.75 Å². The molecule has 0 heterocycles. The zero-order chi connectivity index (χ0) is 19.8. The quantitative estimate of drug-likeness (QED) is 0.774. The zero-order valence-electron chi connectivity index (χ0n) is 16.2. The Morgan fingerprint density at radius 2 is 1.67 bits per heavy atom. The van der Waals surface area contributed by atoms with E-state index in [0.29, 0.717) is 23.6 Å². The van der Waals surface area contributed by atoms with E-state index in [1.54, 1.807) is 50.6 Å². The molecule has 0 atom stereocenters. The molecule has 6 heteroatoms. The molecule has 0 fully saturated rings. The van der Waals surface area contributed by atoms with Gasteiger partial charge in [-0.1, -0.05) is 12.1 Å². The minimum atomic E-state index is -0.266. The molecule has 0 aliphatic carbocycles. The van der Waals surface area contributed by atoms with Gasteiger partial charge in [0.05, 0.1) is 26.4 Å². The lowest BCUT2D eigenvalue weighted by Gasteiger charge is -2.17. The van der Waals surface area contributed by atoms with Crippen molar-refractivity contribution in [2.45, 2.75) is 26.6 Å². The Labute approximate surface area is 160 Å². The lowest BCUT2D eigenvalue weighted by Crippen LogP contribution is -2.34. The van der Waals surface area contributed by atoms with Gasteiger partial charge in [-0.3, -0.25) is 9.59 Å². The van der Waals surface area contributed by atoms with E-state index < -0.39 is 0 Å². The van der Waals surface area contributed by atoms with Crippen LogP contribution in [0.4, 0.5) is 5.69 Å². The number of benzene rings is 2. The van der Waals surface area contributed by atoms with Gasteiger partial charge < -0.3 is 19.7 Å². The summed E-state index contributed by atoms with van der Waals surface area (Å²) in [5.41, 5.74) is 2.18. The summed E-state index contributed by atoms with van der Waals surface area (Å²) in [5, 5.41) is 2.76. The van der Waals surface area contributed by atoms with E-state index in [1.165, 1.54) is 4.90 Å². The number of nitrogens with one attached hydrogen (secondary N) is 1. The van der Waals surface area contributed by atoms with Crippen LogP contribution < -0.4 is 10.1 Å². The van der Waals surface area contributed by atoms with Gasteiger partial charge in [-0.05, 0) is 55.8 Å². The summed E-state index contributed by atoms with van der Waals surface area (Å²) in [6.45, 7) is 4.42. The topological polar surface area (TPSA) is 67.9 Å². The second-order valence-corrected chi connectivity index (χ2v) is 6.49. The molecule has 0 aromatic heterocycles. The molecular weight excluding hydrogens is 344 g/mol. The summed E-state index contributed by atoms with van der Waals surface area (Å²) in [6, 6.07) is 14.2. The lowest BCUT2D eigenvalue weighted by molar-refractivity contribution is -0.116. The Kier molecular flexibility index (Phi) is 7.37. The van der Waals surface area contributed by atoms with Crippen molar-refractivity contribution in [1.82, 2.24) is 4.90 Å². The highest BCUT2D eigenvalue weighted by Gasteiger charge is 2.15. The second-order valence-electron chi connectivity index (χ2n) is 6.49. The number of anilines is 1. The fourth-order valence-electron chi connectivity index (χ4n) is 2.39. The number of carbonyl (C=O) groups is 2. The highest BCUT2D eigenvalue weighted by molar-refractivity contribution is 5.99. The van der Waals surface area contributed by atoms with Gasteiger partial charge in [-0.15, -0.1) is 0 Å². The Bertz CT molecular complexity index is 755. The molecule has 6 nitrogen and oxygen atoms in total. The van der Waals surface area contributed by atoms with Crippen LogP contribution in [0.1, 0.15) is 29.8 Å². The molecular formula is C21H26N2O4. The molecule has 2 aromatic rings. The van der Waals surface area contributed by atoms with Crippen LogP contribution in [0.25, 0.3) is 0 Å². The molecule has 2 amide bonds. The van der Waals surface area contributed by atoms with Crippen molar-refractivity contribution in [3.8, 4) is 5.75 Å². The largest absolute Gasteiger partial charge is 0.497 e. The molecule has 0 saturated heterocycles. The lowest BCUT2D eigenvalue weighted by atomic mass is 10.1. The normalized spacial score (nSPS) is 10.6. The number of ether oxygens (including phenoxy) is 2. The third-order valence-electron chi connectivity index (χ3n) is 3.89. The van der Waals surface area contributed by atoms with E-state index in [2.05, 4.69) is 5.32 Å². The number of hydrogen-bond donors (Lipinski definition) is 1. The molecule has 2 rings (SSSR count). The van der Waals surface area contributed by atoms with Gasteiger partial charge in [0.2, 0.25) is 5.91 Å². The molecule has 2 aromatic carbocycles. The number of amides is 2. The SMILES string of the molecule is COc1ccc(NC(=O)CN(C)C(=O)c2ccc(COC(C)C)cc2)cc1. The summed E-state index contributed by atoms with van der Waals surface area (Å²) in [4.78, 5) is 26.0. The van der Waals surface area contributed by atoms with E-state index in [0.717, 1.165) is 5.56 Å². The van der Waals surface area contributed by atoms with Crippen LogP contribution in [-0.2, 0) is 16.1 Å². The van der Waals surface area contributed by atoms with E-state index in [4.69, 9.17) is 9.47 Å². The van der Waals surface area contributed by atoms with Crippen molar-refractivity contribution in [1.29, 1.82) is 0 Å². The van der Waals surface area contributed by atoms with Crippen LogP contribution in [0.15, 0.2) is 48.5 Å². The number of carbonyl (C=O) groups excluding carboxylic acids is 2. The molecule has 27 heavy (non-hydrogen) atoms. The maximum Gasteiger partial charge on any atom is 0.254 e. The van der Waals surface area contributed by atoms with Crippen molar-refractivity contribution in [2.24, 2.45) is 0 Å². The number of nitrogens with zero attached hydrogens (tertiary/aromatic N) is 1. The van der Waals surface area contributed by atoms with Gasteiger partial charge >= 0.3 is 0 Å². The number of hydrogen-bond acceptors (Lipinski definition) is 4. The molecule has 144 valence electrons. The monoisotopic (exact) mass is 370 g/mol. The Hall–Kier alpha value is -2.86. The van der Waals surface area contributed by atoms with Crippen LogP contribution in [-0.4, -0.2) is 43.5 Å². The van der Waals surface area contributed by atoms with E-state index >= 15 is 0 Å². The van der Waals surface area contributed by atoms with Crippen LogP contribution in [0.5, 0.6) is 5.75 Å². The van der Waals surface area contributed by atoms with Gasteiger partial charge in [0.15, 0.2) is 0 Å². The zero-order valence-corrected chi connectivity index (χ0v) is 16.2. The first-order valence-corrected chi connectivity index (χ1v) is 8.79. The van der Waals surface area contributed by atoms with Crippen LogP contribution >= 0.6 is 0 Å². The Balaban J connectivity index is 1.89. The Morgan fingerprint density at radius 3 is 2.22 bits per heavy atom. The van der Waals surface area contributed by atoms with Crippen molar-refractivity contribution in [2.75, 3.05) is 26.0 Å². The minimum Gasteiger partial charge on any atom is -0.497 e. The molecule has 0 saturated carbocycles. The third kappa shape index (κ3) is 6.42. The molecule has 0 aliphatic rings. The summed E-state index contributed by atoms with van der Waals surface area (Å²) >= 11 is 0. The van der Waals surface area contributed by atoms with E-state index in [1.807, 2.05) is 26.0 Å². The highest BCUT2D eigenvalue weighted by atomic mass is 16.5. The summed E-state index contributed by atoms with van der Waals surface area (Å²) in [6.07, 6.45) is 0.154. The molecule has 0 unspecified atom stereocenters.